The van der Waals surface area contributed by atoms with E-state index in [1.807, 2.05) is 0 Å². The van der Waals surface area contributed by atoms with Crippen LogP contribution < -0.4 is 0 Å². The average molecular weight is 220 g/mol. The Morgan fingerprint density at radius 2 is 1.47 bits per heavy atom. The van der Waals surface area contributed by atoms with Crippen LogP contribution in [0.5, 0.6) is 0 Å². The fourth-order valence-corrected chi connectivity index (χ4v) is 0.940. The van der Waals surface area contributed by atoms with Gasteiger partial charge in [-0.25, -0.2) is 0 Å². The van der Waals surface area contributed by atoms with Crippen LogP contribution in [-0.2, 0) is 14.2 Å². The number of unbranched alkanes of at least 4 members (excludes halogenated alkanes) is 1. The van der Waals surface area contributed by atoms with E-state index in [9.17, 15) is 0 Å². The molecule has 4 heteroatoms. The van der Waals surface area contributed by atoms with Crippen molar-refractivity contribution >= 4 is 0 Å². The largest absolute Gasteiger partial charge is 0.391 e. The molecule has 0 aliphatic carbocycles. The first-order valence-corrected chi connectivity index (χ1v) is 5.68. The third kappa shape index (κ3) is 13.8. The Hall–Kier alpha value is -0.160. The molecule has 1 atom stereocenters. The predicted octanol–water partition coefficient (Wildman–Crippen LogP) is 1.22. The van der Waals surface area contributed by atoms with Crippen LogP contribution in [0.25, 0.3) is 0 Å². The summed E-state index contributed by atoms with van der Waals surface area (Å²) in [6, 6.07) is 0. The van der Waals surface area contributed by atoms with E-state index in [4.69, 9.17) is 19.3 Å². The summed E-state index contributed by atoms with van der Waals surface area (Å²) in [5.74, 6) is 0. The summed E-state index contributed by atoms with van der Waals surface area (Å²) in [6.07, 6.45) is 1.87. The minimum absolute atomic E-state index is 0.371. The summed E-state index contributed by atoms with van der Waals surface area (Å²) < 4.78 is 15.7. The second-order valence-corrected chi connectivity index (χ2v) is 3.50. The molecule has 0 fully saturated rings. The van der Waals surface area contributed by atoms with Gasteiger partial charge in [-0.1, -0.05) is 13.3 Å². The minimum Gasteiger partial charge on any atom is -0.391 e. The van der Waals surface area contributed by atoms with Crippen molar-refractivity contribution in [3.05, 3.63) is 0 Å². The Kier molecular flexibility index (Phi) is 11.8. The molecule has 0 bridgehead atoms. The van der Waals surface area contributed by atoms with Gasteiger partial charge in [-0.15, -0.1) is 0 Å². The molecule has 0 amide bonds. The smallest absolute Gasteiger partial charge is 0.0745 e. The molecular formula is C11H24O4. The SMILES string of the molecule is CCCCOCCOCCOCC(C)O. The molecule has 0 aliphatic rings. The van der Waals surface area contributed by atoms with Crippen LogP contribution in [0.4, 0.5) is 0 Å². The second-order valence-electron chi connectivity index (χ2n) is 3.50. The zero-order valence-corrected chi connectivity index (χ0v) is 9.91. The summed E-state index contributed by atoms with van der Waals surface area (Å²) >= 11 is 0. The first-order chi connectivity index (χ1) is 7.27. The van der Waals surface area contributed by atoms with E-state index in [0.717, 1.165) is 19.4 Å². The van der Waals surface area contributed by atoms with E-state index >= 15 is 0 Å². The second kappa shape index (κ2) is 11.9. The van der Waals surface area contributed by atoms with Crippen LogP contribution in [0.3, 0.4) is 0 Å². The van der Waals surface area contributed by atoms with Crippen molar-refractivity contribution in [1.29, 1.82) is 0 Å². The molecule has 0 aromatic heterocycles. The van der Waals surface area contributed by atoms with E-state index in [0.29, 0.717) is 33.0 Å². The van der Waals surface area contributed by atoms with E-state index in [-0.39, 0.29) is 0 Å². The highest BCUT2D eigenvalue weighted by Gasteiger charge is 1.95. The normalized spacial score (nSPS) is 13.0. The Labute approximate surface area is 92.5 Å². The first kappa shape index (κ1) is 14.8. The maximum absolute atomic E-state index is 8.89. The summed E-state index contributed by atoms with van der Waals surface area (Å²) in [5, 5.41) is 8.89. The third-order valence-electron chi connectivity index (χ3n) is 1.75. The average Bonchev–Trinajstić information content (AvgIpc) is 2.20. The fourth-order valence-electron chi connectivity index (χ4n) is 0.940. The van der Waals surface area contributed by atoms with E-state index in [1.54, 1.807) is 6.92 Å². The van der Waals surface area contributed by atoms with Crippen LogP contribution in [0.2, 0.25) is 0 Å². The number of ether oxygens (including phenoxy) is 3. The van der Waals surface area contributed by atoms with Gasteiger partial charge in [0.15, 0.2) is 0 Å². The van der Waals surface area contributed by atoms with Gasteiger partial charge >= 0.3 is 0 Å². The zero-order valence-electron chi connectivity index (χ0n) is 9.91. The highest BCUT2D eigenvalue weighted by atomic mass is 16.5. The number of hydrogen-bond acceptors (Lipinski definition) is 4. The standard InChI is InChI=1S/C11H24O4/c1-3-4-5-13-6-7-14-8-9-15-10-11(2)12/h11-12H,3-10H2,1-2H3. The van der Waals surface area contributed by atoms with Gasteiger partial charge in [-0.05, 0) is 13.3 Å². The summed E-state index contributed by atoms with van der Waals surface area (Å²) in [5.41, 5.74) is 0. The lowest BCUT2D eigenvalue weighted by Gasteiger charge is -2.07. The molecule has 0 radical (unpaired) electrons. The summed E-state index contributed by atoms with van der Waals surface area (Å²) in [6.45, 7) is 7.37. The van der Waals surface area contributed by atoms with Crippen molar-refractivity contribution in [2.24, 2.45) is 0 Å². The van der Waals surface area contributed by atoms with Crippen LogP contribution in [0, 0.1) is 0 Å². The van der Waals surface area contributed by atoms with Gasteiger partial charge in [0.05, 0.1) is 39.1 Å². The molecule has 0 rings (SSSR count). The third-order valence-corrected chi connectivity index (χ3v) is 1.75. The molecule has 0 spiro atoms. The van der Waals surface area contributed by atoms with Gasteiger partial charge in [-0.2, -0.15) is 0 Å². The van der Waals surface area contributed by atoms with Crippen molar-refractivity contribution in [1.82, 2.24) is 0 Å². The van der Waals surface area contributed by atoms with Crippen molar-refractivity contribution in [3.63, 3.8) is 0 Å². The van der Waals surface area contributed by atoms with Crippen molar-refractivity contribution in [2.75, 3.05) is 39.6 Å². The molecule has 0 aromatic rings. The molecule has 0 aliphatic heterocycles. The van der Waals surface area contributed by atoms with Gasteiger partial charge in [-0.3, -0.25) is 0 Å². The Bertz CT molecular complexity index is 117. The molecule has 15 heavy (non-hydrogen) atoms. The van der Waals surface area contributed by atoms with E-state index < -0.39 is 6.10 Å². The van der Waals surface area contributed by atoms with Crippen LogP contribution in [0.1, 0.15) is 26.7 Å². The first-order valence-electron chi connectivity index (χ1n) is 5.68. The van der Waals surface area contributed by atoms with Crippen LogP contribution in [0.15, 0.2) is 0 Å². The van der Waals surface area contributed by atoms with Gasteiger partial charge in [0.2, 0.25) is 0 Å². The van der Waals surface area contributed by atoms with Crippen LogP contribution in [-0.4, -0.2) is 50.9 Å². The predicted molar refractivity (Wildman–Crippen MR) is 59.0 cm³/mol. The lowest BCUT2D eigenvalue weighted by atomic mass is 10.4. The number of hydrogen-bond donors (Lipinski definition) is 1. The monoisotopic (exact) mass is 220 g/mol. The zero-order chi connectivity index (χ0) is 11.4. The molecule has 0 saturated heterocycles. The van der Waals surface area contributed by atoms with Gasteiger partial charge in [0.1, 0.15) is 0 Å². The maximum atomic E-state index is 8.89. The van der Waals surface area contributed by atoms with Gasteiger partial charge < -0.3 is 19.3 Å². The highest BCUT2D eigenvalue weighted by molar-refractivity contribution is 4.41. The molecule has 92 valence electrons. The Morgan fingerprint density at radius 1 is 0.933 bits per heavy atom. The molecule has 4 nitrogen and oxygen atoms in total. The molecule has 0 aromatic carbocycles. The van der Waals surface area contributed by atoms with Crippen LogP contribution >= 0.6 is 0 Å². The van der Waals surface area contributed by atoms with E-state index in [2.05, 4.69) is 6.92 Å². The lowest BCUT2D eigenvalue weighted by molar-refractivity contribution is -0.00615. The number of aliphatic hydroxyl groups excluding tert-OH is 1. The highest BCUT2D eigenvalue weighted by Crippen LogP contribution is 1.88. The summed E-state index contributed by atoms with van der Waals surface area (Å²) in [7, 11) is 0. The summed E-state index contributed by atoms with van der Waals surface area (Å²) in [4.78, 5) is 0. The Morgan fingerprint density at radius 3 is 2.00 bits per heavy atom. The molecule has 1 unspecified atom stereocenters. The fraction of sp³-hybridized carbons (Fsp3) is 1.00. The molecular weight excluding hydrogens is 196 g/mol. The molecule has 1 N–H and O–H groups in total. The molecule has 0 heterocycles. The molecule has 0 saturated carbocycles. The lowest BCUT2D eigenvalue weighted by Crippen LogP contribution is -2.14. The Balaban J connectivity index is 2.87. The van der Waals surface area contributed by atoms with Gasteiger partial charge in [0, 0.05) is 6.61 Å². The van der Waals surface area contributed by atoms with Gasteiger partial charge in [0.25, 0.3) is 0 Å². The van der Waals surface area contributed by atoms with Crippen molar-refractivity contribution in [3.8, 4) is 0 Å². The number of aliphatic hydroxyl groups is 1. The van der Waals surface area contributed by atoms with Crippen molar-refractivity contribution < 1.29 is 19.3 Å². The quantitative estimate of drug-likeness (QED) is 0.532. The minimum atomic E-state index is -0.401. The maximum Gasteiger partial charge on any atom is 0.0745 e. The topological polar surface area (TPSA) is 47.9 Å². The van der Waals surface area contributed by atoms with Crippen molar-refractivity contribution in [2.45, 2.75) is 32.8 Å². The number of rotatable bonds is 11. The van der Waals surface area contributed by atoms with E-state index in [1.165, 1.54) is 0 Å².